The zero-order valence-electron chi connectivity index (χ0n) is 20.1. The highest BCUT2D eigenvalue weighted by Gasteiger charge is 2.54. The van der Waals surface area contributed by atoms with Crippen molar-refractivity contribution in [1.29, 1.82) is 0 Å². The molecule has 2 atom stereocenters. The number of nitrogen functional groups attached to an aromatic ring is 1. The molecule has 1 unspecified atom stereocenters. The average molecular weight is 574 g/mol. The van der Waals surface area contributed by atoms with Crippen molar-refractivity contribution < 1.29 is 24.3 Å². The van der Waals surface area contributed by atoms with Crippen LogP contribution in [0.5, 0.6) is 0 Å². The molecular formula is C23H23N7O5S3. The SMILES string of the molecule is C=CCON=C(C(=O)NC1C(=O)N2C(C(=O)O)=C(CSC=Cc3ccc(C)nc3)CS[C@@H]12)c1nsc(N)n1. The quantitative estimate of drug-likeness (QED) is 0.118. The molecule has 0 bridgehead atoms. The maximum Gasteiger partial charge on any atom is 0.352 e. The molecule has 2 aromatic rings. The molecule has 1 fully saturated rings. The number of oxime groups is 1. The van der Waals surface area contributed by atoms with Gasteiger partial charge in [-0.25, -0.2) is 4.79 Å². The Morgan fingerprint density at radius 2 is 2.26 bits per heavy atom. The first-order chi connectivity index (χ1) is 18.3. The van der Waals surface area contributed by atoms with Crippen LogP contribution in [0.2, 0.25) is 0 Å². The summed E-state index contributed by atoms with van der Waals surface area (Å²) in [5, 5.41) is 17.7. The van der Waals surface area contributed by atoms with Gasteiger partial charge in [0, 0.05) is 34.9 Å². The van der Waals surface area contributed by atoms with Gasteiger partial charge in [-0.15, -0.1) is 23.5 Å². The number of carboxylic acids is 1. The van der Waals surface area contributed by atoms with Gasteiger partial charge in [-0.3, -0.25) is 19.5 Å². The highest BCUT2D eigenvalue weighted by Crippen LogP contribution is 2.41. The summed E-state index contributed by atoms with van der Waals surface area (Å²) < 4.78 is 3.98. The zero-order valence-corrected chi connectivity index (χ0v) is 22.5. The second kappa shape index (κ2) is 12.2. The second-order valence-corrected chi connectivity index (χ2v) is 10.7. The Kier molecular flexibility index (Phi) is 8.81. The Labute approximate surface area is 230 Å². The van der Waals surface area contributed by atoms with Crippen molar-refractivity contribution in [1.82, 2.24) is 24.6 Å². The van der Waals surface area contributed by atoms with E-state index in [1.807, 2.05) is 30.5 Å². The highest BCUT2D eigenvalue weighted by atomic mass is 32.2. The summed E-state index contributed by atoms with van der Waals surface area (Å²) in [6, 6.07) is 2.89. The maximum absolute atomic E-state index is 13.0. The summed E-state index contributed by atoms with van der Waals surface area (Å²) in [6.45, 7) is 5.46. The number of nitrogens with two attached hydrogens (primary N) is 1. The van der Waals surface area contributed by atoms with E-state index < -0.39 is 29.2 Å². The van der Waals surface area contributed by atoms with Gasteiger partial charge in [0.05, 0.1) is 0 Å². The largest absolute Gasteiger partial charge is 0.477 e. The van der Waals surface area contributed by atoms with Gasteiger partial charge >= 0.3 is 5.97 Å². The fraction of sp³-hybridized carbons (Fsp3) is 0.261. The standard InChI is InChI=1S/C23H23N7O5S3/c1-3-7-35-28-15(18-27-23(24)38-29-18)19(31)26-16-20(32)30-17(22(33)34)14(11-37-21(16)30)10-36-8-6-13-5-4-12(2)25-9-13/h3-6,8-9,16,21H,1,7,10-11H2,2H3,(H,26,31)(H,33,34)(H2,24,27,29)/t16?,21-/m0/s1. The lowest BCUT2D eigenvalue weighted by Gasteiger charge is -2.49. The number of thioether (sulfide) groups is 2. The highest BCUT2D eigenvalue weighted by molar-refractivity contribution is 8.02. The number of amides is 2. The number of aromatic nitrogens is 3. The van der Waals surface area contributed by atoms with Gasteiger partial charge in [-0.1, -0.05) is 23.9 Å². The number of anilines is 1. The van der Waals surface area contributed by atoms with Crippen LogP contribution in [0.25, 0.3) is 6.08 Å². The fourth-order valence-electron chi connectivity index (χ4n) is 3.53. The van der Waals surface area contributed by atoms with E-state index in [0.29, 0.717) is 17.1 Å². The lowest BCUT2D eigenvalue weighted by atomic mass is 10.0. The minimum Gasteiger partial charge on any atom is -0.477 e. The van der Waals surface area contributed by atoms with Crippen molar-refractivity contribution in [2.75, 3.05) is 23.8 Å². The predicted octanol–water partition coefficient (Wildman–Crippen LogP) is 1.87. The number of aryl methyl sites for hydroxylation is 1. The monoisotopic (exact) mass is 573 g/mol. The molecule has 0 aromatic carbocycles. The van der Waals surface area contributed by atoms with Crippen LogP contribution >= 0.6 is 35.1 Å². The van der Waals surface area contributed by atoms with E-state index in [-0.39, 0.29) is 29.0 Å². The van der Waals surface area contributed by atoms with Crippen molar-refractivity contribution in [3.05, 3.63) is 64.7 Å². The van der Waals surface area contributed by atoms with Gasteiger partial charge in [-0.2, -0.15) is 9.36 Å². The average Bonchev–Trinajstić information content (AvgIpc) is 3.33. The molecule has 2 aliphatic heterocycles. The Bertz CT molecular complexity index is 1340. The molecule has 0 aliphatic carbocycles. The molecule has 2 amide bonds. The van der Waals surface area contributed by atoms with Crippen LogP contribution in [0.1, 0.15) is 17.1 Å². The van der Waals surface area contributed by atoms with E-state index >= 15 is 0 Å². The third kappa shape index (κ3) is 6.06. The Morgan fingerprint density at radius 3 is 2.92 bits per heavy atom. The van der Waals surface area contributed by atoms with Crippen LogP contribution in [0.4, 0.5) is 5.13 Å². The lowest BCUT2D eigenvalue weighted by molar-refractivity contribution is -0.150. The summed E-state index contributed by atoms with van der Waals surface area (Å²) in [7, 11) is 0. The number of β-lactam (4-membered cyclic amide) rings is 1. The van der Waals surface area contributed by atoms with Gasteiger partial charge in [0.1, 0.15) is 23.7 Å². The molecule has 0 saturated carbocycles. The number of fused-ring (bicyclic) bond motifs is 1. The minimum atomic E-state index is -1.20. The van der Waals surface area contributed by atoms with Crippen LogP contribution in [0.3, 0.4) is 0 Å². The fourth-order valence-corrected chi connectivity index (χ4v) is 6.23. The van der Waals surface area contributed by atoms with Crippen molar-refractivity contribution in [2.45, 2.75) is 18.3 Å². The first kappa shape index (κ1) is 27.3. The Hall–Kier alpha value is -3.69. The normalized spacial score (nSPS) is 19.2. The molecule has 4 rings (SSSR count). The summed E-state index contributed by atoms with van der Waals surface area (Å²) in [5.74, 6) is -1.74. The van der Waals surface area contributed by atoms with Gasteiger partial charge in [-0.05, 0) is 35.6 Å². The molecule has 4 heterocycles. The number of carboxylic acid groups (broad SMARTS) is 1. The first-order valence-corrected chi connectivity index (χ1v) is 14.0. The van der Waals surface area contributed by atoms with Crippen LogP contribution in [-0.4, -0.2) is 77.4 Å². The number of nitrogens with one attached hydrogen (secondary N) is 1. The molecule has 15 heteroatoms. The number of pyridine rings is 1. The number of hydrogen-bond acceptors (Lipinski definition) is 12. The lowest BCUT2D eigenvalue weighted by Crippen LogP contribution is -2.71. The number of carbonyl (C=O) groups is 3. The van der Waals surface area contributed by atoms with Crippen molar-refractivity contribution in [3.63, 3.8) is 0 Å². The molecule has 38 heavy (non-hydrogen) atoms. The molecular weight excluding hydrogens is 550 g/mol. The van der Waals surface area contributed by atoms with Gasteiger partial charge in [0.15, 0.2) is 5.13 Å². The van der Waals surface area contributed by atoms with Gasteiger partial charge in [0.25, 0.3) is 11.8 Å². The summed E-state index contributed by atoms with van der Waals surface area (Å²) in [6.07, 6.45) is 5.09. The minimum absolute atomic E-state index is 0.0374. The summed E-state index contributed by atoms with van der Waals surface area (Å²) in [4.78, 5) is 52.5. The van der Waals surface area contributed by atoms with Gasteiger partial charge < -0.3 is 21.0 Å². The topological polar surface area (TPSA) is 173 Å². The number of hydrogen-bond donors (Lipinski definition) is 3. The second-order valence-electron chi connectivity index (χ2n) is 7.95. The van der Waals surface area contributed by atoms with E-state index in [1.165, 1.54) is 34.5 Å². The van der Waals surface area contributed by atoms with Gasteiger partial charge in [0.2, 0.25) is 11.5 Å². The molecule has 0 radical (unpaired) electrons. The number of aliphatic carboxylic acids is 1. The van der Waals surface area contributed by atoms with E-state index in [0.717, 1.165) is 22.8 Å². The molecule has 12 nitrogen and oxygen atoms in total. The van der Waals surface area contributed by atoms with E-state index in [4.69, 9.17) is 10.6 Å². The predicted molar refractivity (Wildman–Crippen MR) is 147 cm³/mol. The third-order valence-corrected chi connectivity index (χ3v) is 8.03. The smallest absolute Gasteiger partial charge is 0.352 e. The van der Waals surface area contributed by atoms with E-state index in [9.17, 15) is 19.5 Å². The van der Waals surface area contributed by atoms with Crippen molar-refractivity contribution >= 4 is 69.8 Å². The van der Waals surface area contributed by atoms with Crippen LogP contribution in [0.15, 0.2) is 52.8 Å². The van der Waals surface area contributed by atoms with E-state index in [2.05, 4.69) is 31.4 Å². The third-order valence-electron chi connectivity index (χ3n) is 5.30. The molecule has 198 valence electrons. The summed E-state index contributed by atoms with van der Waals surface area (Å²) >= 11 is 3.67. The molecule has 2 aliphatic rings. The van der Waals surface area contributed by atoms with Crippen molar-refractivity contribution in [3.8, 4) is 0 Å². The number of rotatable bonds is 11. The Morgan fingerprint density at radius 1 is 1.45 bits per heavy atom. The van der Waals surface area contributed by atoms with Crippen molar-refractivity contribution in [2.24, 2.45) is 5.16 Å². The summed E-state index contributed by atoms with van der Waals surface area (Å²) in [5.41, 5.74) is 7.78. The maximum atomic E-state index is 13.0. The zero-order chi connectivity index (χ0) is 27.2. The molecule has 4 N–H and O–H groups in total. The van der Waals surface area contributed by atoms with E-state index in [1.54, 1.807) is 6.20 Å². The molecule has 0 spiro atoms. The molecule has 1 saturated heterocycles. The Balaban J connectivity index is 1.44. The number of carbonyl (C=O) groups excluding carboxylic acids is 2. The number of nitrogens with zero attached hydrogens (tertiary/aromatic N) is 5. The molecule has 2 aromatic heterocycles. The van der Waals surface area contributed by atoms with Crippen LogP contribution < -0.4 is 11.1 Å². The van der Waals surface area contributed by atoms with Crippen LogP contribution in [0, 0.1) is 6.92 Å². The van der Waals surface area contributed by atoms with Crippen LogP contribution in [-0.2, 0) is 19.2 Å². The first-order valence-electron chi connectivity index (χ1n) is 11.1.